The van der Waals surface area contributed by atoms with Crippen LogP contribution in [0.1, 0.15) is 27.1 Å². The molecule has 3 aromatic rings. The van der Waals surface area contributed by atoms with E-state index in [4.69, 9.17) is 16.6 Å². The second-order valence-corrected chi connectivity index (χ2v) is 8.65. The normalized spacial score (nSPS) is 16.8. The third-order valence-electron chi connectivity index (χ3n) is 4.60. The second-order valence-electron chi connectivity index (χ2n) is 6.72. The molecule has 4 rings (SSSR count). The summed E-state index contributed by atoms with van der Waals surface area (Å²) in [5.41, 5.74) is 12.1. The number of carboxylic acid groups (broad SMARTS) is 1. The molecule has 1 atom stereocenters. The number of carbonyl (C=O) groups excluding carboxylic acids is 1. The lowest BCUT2D eigenvalue weighted by Crippen LogP contribution is -2.32. The number of imidazole rings is 1. The molecule has 1 fully saturated rings. The molecular formula is C19H21N5O5S. The minimum Gasteiger partial charge on any atom is -0.478 e. The molecule has 0 saturated carbocycles. The van der Waals surface area contributed by atoms with Crippen LogP contribution in [0.15, 0.2) is 59.9 Å². The van der Waals surface area contributed by atoms with Gasteiger partial charge in [-0.3, -0.25) is 4.79 Å². The summed E-state index contributed by atoms with van der Waals surface area (Å²) in [7, 11) is -3.51. The lowest BCUT2D eigenvalue weighted by molar-refractivity contribution is 0.0696. The van der Waals surface area contributed by atoms with Crippen LogP contribution in [0.3, 0.4) is 0 Å². The van der Waals surface area contributed by atoms with E-state index < -0.39 is 21.9 Å². The van der Waals surface area contributed by atoms with E-state index in [1.165, 1.54) is 40.8 Å². The summed E-state index contributed by atoms with van der Waals surface area (Å²) in [6.45, 7) is 0.765. The number of nitrogens with two attached hydrogens (primary N) is 2. The van der Waals surface area contributed by atoms with Crippen LogP contribution in [0.5, 0.6) is 0 Å². The van der Waals surface area contributed by atoms with Crippen molar-refractivity contribution in [2.75, 3.05) is 13.1 Å². The fraction of sp³-hybridized carbons (Fsp3) is 0.211. The van der Waals surface area contributed by atoms with E-state index in [0.717, 1.165) is 5.65 Å². The molecule has 0 radical (unpaired) electrons. The molecule has 158 valence electrons. The molecule has 1 aromatic carbocycles. The SMILES string of the molecule is NC(=O)c1ccc(S(=O)(=O)N2CCC(N)C2)cc1.O=C(O)c1ccc2nccn2c1. The molecule has 1 amide bonds. The molecule has 10 nitrogen and oxygen atoms in total. The average molecular weight is 431 g/mol. The summed E-state index contributed by atoms with van der Waals surface area (Å²) in [5.74, 6) is -1.51. The number of rotatable bonds is 4. The Morgan fingerprint density at radius 3 is 2.33 bits per heavy atom. The number of aromatic carboxylic acids is 1. The van der Waals surface area contributed by atoms with Crippen LogP contribution in [0.4, 0.5) is 0 Å². The number of hydrogen-bond donors (Lipinski definition) is 3. The molecule has 1 unspecified atom stereocenters. The Kier molecular flexibility index (Phi) is 6.15. The van der Waals surface area contributed by atoms with Crippen LogP contribution in [0.25, 0.3) is 5.65 Å². The number of aromatic nitrogens is 2. The average Bonchev–Trinajstić information content (AvgIpc) is 3.37. The zero-order chi connectivity index (χ0) is 21.9. The Labute approximate surface area is 172 Å². The van der Waals surface area contributed by atoms with Gasteiger partial charge in [-0.2, -0.15) is 4.31 Å². The minimum absolute atomic E-state index is 0.107. The first-order valence-corrected chi connectivity index (χ1v) is 10.4. The van der Waals surface area contributed by atoms with Crippen molar-refractivity contribution in [3.8, 4) is 0 Å². The summed E-state index contributed by atoms with van der Waals surface area (Å²) in [4.78, 5) is 25.6. The van der Waals surface area contributed by atoms with Crippen LogP contribution in [0, 0.1) is 0 Å². The van der Waals surface area contributed by atoms with Crippen LogP contribution < -0.4 is 11.5 Å². The van der Waals surface area contributed by atoms with Gasteiger partial charge < -0.3 is 21.0 Å². The molecule has 0 aliphatic carbocycles. The van der Waals surface area contributed by atoms with Gasteiger partial charge in [0, 0.05) is 43.3 Å². The number of pyridine rings is 1. The number of carboxylic acids is 1. The van der Waals surface area contributed by atoms with Crippen LogP contribution in [-0.4, -0.2) is 58.2 Å². The van der Waals surface area contributed by atoms with Crippen LogP contribution in [-0.2, 0) is 10.0 Å². The number of nitrogens with zero attached hydrogens (tertiary/aromatic N) is 3. The molecule has 30 heavy (non-hydrogen) atoms. The highest BCUT2D eigenvalue weighted by atomic mass is 32.2. The van der Waals surface area contributed by atoms with Crippen molar-refractivity contribution in [2.24, 2.45) is 11.5 Å². The van der Waals surface area contributed by atoms with Crippen molar-refractivity contribution in [3.63, 3.8) is 0 Å². The third-order valence-corrected chi connectivity index (χ3v) is 6.48. The van der Waals surface area contributed by atoms with Crippen molar-refractivity contribution in [1.82, 2.24) is 13.7 Å². The standard InChI is InChI=1S/C11H15N3O3S.C8H6N2O2/c12-9-5-6-14(7-9)18(16,17)10-3-1-8(2-4-10)11(13)15;11-8(12)6-1-2-7-9-3-4-10(7)5-6/h1-4,9H,5-7,12H2,(H2,13,15);1-5H,(H,11,12). The maximum absolute atomic E-state index is 12.2. The van der Waals surface area contributed by atoms with Gasteiger partial charge in [0.15, 0.2) is 0 Å². The Morgan fingerprint density at radius 2 is 1.77 bits per heavy atom. The van der Waals surface area contributed by atoms with E-state index in [0.29, 0.717) is 19.5 Å². The van der Waals surface area contributed by atoms with Gasteiger partial charge in [-0.05, 0) is 42.8 Å². The molecule has 1 saturated heterocycles. The number of benzene rings is 1. The number of hydrogen-bond acceptors (Lipinski definition) is 6. The van der Waals surface area contributed by atoms with Gasteiger partial charge in [0.1, 0.15) is 5.65 Å². The summed E-state index contributed by atoms with van der Waals surface area (Å²) in [5, 5.41) is 8.65. The highest BCUT2D eigenvalue weighted by molar-refractivity contribution is 7.89. The topological polar surface area (TPSA) is 161 Å². The smallest absolute Gasteiger partial charge is 0.337 e. The van der Waals surface area contributed by atoms with Crippen molar-refractivity contribution in [2.45, 2.75) is 17.4 Å². The molecular weight excluding hydrogens is 410 g/mol. The third kappa shape index (κ3) is 4.64. The monoisotopic (exact) mass is 431 g/mol. The Hall–Kier alpha value is -3.28. The van der Waals surface area contributed by atoms with Gasteiger partial charge in [-0.15, -0.1) is 0 Å². The minimum atomic E-state index is -3.51. The molecule has 3 heterocycles. The fourth-order valence-corrected chi connectivity index (χ4v) is 4.47. The molecule has 0 spiro atoms. The lowest BCUT2D eigenvalue weighted by atomic mass is 10.2. The Morgan fingerprint density at radius 1 is 1.10 bits per heavy atom. The van der Waals surface area contributed by atoms with Gasteiger partial charge in [-0.1, -0.05) is 0 Å². The van der Waals surface area contributed by atoms with Gasteiger partial charge in [-0.25, -0.2) is 18.2 Å². The molecule has 5 N–H and O–H groups in total. The molecule has 11 heteroatoms. The summed E-state index contributed by atoms with van der Waals surface area (Å²) >= 11 is 0. The first kappa shape index (κ1) is 21.4. The van der Waals surface area contributed by atoms with Gasteiger partial charge in [0.2, 0.25) is 15.9 Å². The maximum atomic E-state index is 12.2. The number of fused-ring (bicyclic) bond motifs is 1. The Balaban J connectivity index is 0.000000184. The zero-order valence-corrected chi connectivity index (χ0v) is 16.7. The fourth-order valence-electron chi connectivity index (χ4n) is 2.96. The predicted octanol–water partition coefficient (Wildman–Crippen LogP) is 0.540. The van der Waals surface area contributed by atoms with E-state index in [-0.39, 0.29) is 22.1 Å². The number of carbonyl (C=O) groups is 2. The summed E-state index contributed by atoms with van der Waals surface area (Å²) in [6.07, 6.45) is 5.53. The second kappa shape index (κ2) is 8.61. The van der Waals surface area contributed by atoms with Gasteiger partial charge in [0.05, 0.1) is 10.5 Å². The largest absolute Gasteiger partial charge is 0.478 e. The molecule has 1 aliphatic rings. The van der Waals surface area contributed by atoms with E-state index in [2.05, 4.69) is 4.98 Å². The number of amides is 1. The summed E-state index contributed by atoms with van der Waals surface area (Å²) < 4.78 is 27.5. The Bertz CT molecular complexity index is 1170. The van der Waals surface area contributed by atoms with Crippen LogP contribution >= 0.6 is 0 Å². The predicted molar refractivity (Wildman–Crippen MR) is 108 cm³/mol. The lowest BCUT2D eigenvalue weighted by Gasteiger charge is -2.15. The van der Waals surface area contributed by atoms with E-state index in [9.17, 15) is 18.0 Å². The quantitative estimate of drug-likeness (QED) is 0.543. The van der Waals surface area contributed by atoms with E-state index in [1.54, 1.807) is 22.9 Å². The highest BCUT2D eigenvalue weighted by Crippen LogP contribution is 2.20. The van der Waals surface area contributed by atoms with Gasteiger partial charge in [0.25, 0.3) is 0 Å². The molecule has 2 aromatic heterocycles. The van der Waals surface area contributed by atoms with E-state index >= 15 is 0 Å². The van der Waals surface area contributed by atoms with E-state index in [1.807, 2.05) is 0 Å². The van der Waals surface area contributed by atoms with Crippen LogP contribution in [0.2, 0.25) is 0 Å². The molecule has 1 aliphatic heterocycles. The van der Waals surface area contributed by atoms with Crippen molar-refractivity contribution >= 4 is 27.5 Å². The summed E-state index contributed by atoms with van der Waals surface area (Å²) in [6, 6.07) is 8.69. The van der Waals surface area contributed by atoms with Gasteiger partial charge >= 0.3 is 5.97 Å². The van der Waals surface area contributed by atoms with Crippen molar-refractivity contribution < 1.29 is 23.1 Å². The zero-order valence-electron chi connectivity index (χ0n) is 15.9. The first-order valence-electron chi connectivity index (χ1n) is 9.00. The highest BCUT2D eigenvalue weighted by Gasteiger charge is 2.30. The first-order chi connectivity index (χ1) is 14.2. The number of primary amides is 1. The van der Waals surface area contributed by atoms with Crippen molar-refractivity contribution in [3.05, 3.63) is 66.1 Å². The molecule has 0 bridgehead atoms. The maximum Gasteiger partial charge on any atom is 0.337 e. The van der Waals surface area contributed by atoms with Crippen molar-refractivity contribution in [1.29, 1.82) is 0 Å². The number of sulfonamides is 1.